The second kappa shape index (κ2) is 4.94. The lowest BCUT2D eigenvalue weighted by atomic mass is 9.98. The molecule has 3 nitrogen and oxygen atoms in total. The molecule has 1 heterocycles. The van der Waals surface area contributed by atoms with E-state index in [1.807, 2.05) is 18.2 Å². The molecule has 0 saturated heterocycles. The number of nitrogens with one attached hydrogen (secondary N) is 1. The van der Waals surface area contributed by atoms with Crippen LogP contribution in [0.3, 0.4) is 0 Å². The molecule has 0 aliphatic carbocycles. The SMILES string of the molecule is COc1ccc(CC2NCc3c(O)cccc32)cc1. The zero-order chi connectivity index (χ0) is 13.2. The summed E-state index contributed by atoms with van der Waals surface area (Å²) in [5.74, 6) is 1.27. The van der Waals surface area contributed by atoms with Crippen molar-refractivity contribution in [1.82, 2.24) is 5.32 Å². The zero-order valence-corrected chi connectivity index (χ0v) is 10.9. The van der Waals surface area contributed by atoms with Gasteiger partial charge >= 0.3 is 0 Å². The Balaban J connectivity index is 1.80. The molecule has 2 aromatic rings. The van der Waals surface area contributed by atoms with Crippen LogP contribution in [-0.4, -0.2) is 12.2 Å². The van der Waals surface area contributed by atoms with Crippen LogP contribution in [0.4, 0.5) is 0 Å². The van der Waals surface area contributed by atoms with E-state index in [4.69, 9.17) is 4.74 Å². The first-order chi connectivity index (χ1) is 9.28. The lowest BCUT2D eigenvalue weighted by Gasteiger charge is -2.12. The van der Waals surface area contributed by atoms with Gasteiger partial charge in [0.2, 0.25) is 0 Å². The highest BCUT2D eigenvalue weighted by Crippen LogP contribution is 2.33. The molecule has 3 heteroatoms. The summed E-state index contributed by atoms with van der Waals surface area (Å²) in [6, 6.07) is 14.1. The van der Waals surface area contributed by atoms with Gasteiger partial charge < -0.3 is 15.2 Å². The van der Waals surface area contributed by atoms with E-state index in [9.17, 15) is 5.11 Å². The monoisotopic (exact) mass is 255 g/mol. The Morgan fingerprint density at radius 3 is 2.74 bits per heavy atom. The van der Waals surface area contributed by atoms with Gasteiger partial charge in [0, 0.05) is 18.2 Å². The molecule has 3 rings (SSSR count). The average molecular weight is 255 g/mol. The fourth-order valence-electron chi connectivity index (χ4n) is 2.63. The van der Waals surface area contributed by atoms with Crippen LogP contribution in [0, 0.1) is 0 Å². The average Bonchev–Trinajstić information content (AvgIpc) is 2.84. The van der Waals surface area contributed by atoms with Gasteiger partial charge in [-0.1, -0.05) is 24.3 Å². The largest absolute Gasteiger partial charge is 0.508 e. The van der Waals surface area contributed by atoms with Crippen LogP contribution in [0.25, 0.3) is 0 Å². The van der Waals surface area contributed by atoms with Crippen molar-refractivity contribution in [3.63, 3.8) is 0 Å². The number of benzene rings is 2. The first kappa shape index (κ1) is 12.1. The third kappa shape index (κ3) is 2.29. The molecule has 1 aliphatic heterocycles. The second-order valence-corrected chi connectivity index (χ2v) is 4.83. The molecule has 0 radical (unpaired) electrons. The van der Waals surface area contributed by atoms with Crippen LogP contribution in [0.2, 0.25) is 0 Å². The minimum Gasteiger partial charge on any atom is -0.508 e. The van der Waals surface area contributed by atoms with Gasteiger partial charge in [0.1, 0.15) is 11.5 Å². The van der Waals surface area contributed by atoms with E-state index in [0.717, 1.165) is 24.3 Å². The first-order valence-corrected chi connectivity index (χ1v) is 6.45. The molecule has 0 bridgehead atoms. The Morgan fingerprint density at radius 2 is 2.00 bits per heavy atom. The number of phenolic OH excluding ortho intramolecular Hbond substituents is 1. The summed E-state index contributed by atoms with van der Waals surface area (Å²) in [6.07, 6.45) is 0.917. The molecular formula is C16H17NO2. The summed E-state index contributed by atoms with van der Waals surface area (Å²) < 4.78 is 5.16. The third-order valence-electron chi connectivity index (χ3n) is 3.69. The van der Waals surface area contributed by atoms with Gasteiger partial charge in [-0.15, -0.1) is 0 Å². The Morgan fingerprint density at radius 1 is 1.21 bits per heavy atom. The molecule has 1 unspecified atom stereocenters. The van der Waals surface area contributed by atoms with Crippen molar-refractivity contribution in [1.29, 1.82) is 0 Å². The molecule has 1 aliphatic rings. The zero-order valence-electron chi connectivity index (χ0n) is 10.9. The summed E-state index contributed by atoms with van der Waals surface area (Å²) >= 11 is 0. The van der Waals surface area contributed by atoms with Gasteiger partial charge in [0.25, 0.3) is 0 Å². The van der Waals surface area contributed by atoms with Gasteiger partial charge in [-0.3, -0.25) is 0 Å². The van der Waals surface area contributed by atoms with Crippen LogP contribution in [0.1, 0.15) is 22.7 Å². The van der Waals surface area contributed by atoms with E-state index in [1.165, 1.54) is 11.1 Å². The quantitative estimate of drug-likeness (QED) is 0.886. The normalized spacial score (nSPS) is 17.2. The van der Waals surface area contributed by atoms with Gasteiger partial charge in [-0.25, -0.2) is 0 Å². The number of ether oxygens (including phenoxy) is 1. The maximum absolute atomic E-state index is 9.83. The van der Waals surface area contributed by atoms with Crippen molar-refractivity contribution in [2.24, 2.45) is 0 Å². The third-order valence-corrected chi connectivity index (χ3v) is 3.69. The van der Waals surface area contributed by atoms with E-state index in [-0.39, 0.29) is 6.04 Å². The Kier molecular flexibility index (Phi) is 3.13. The lowest BCUT2D eigenvalue weighted by Crippen LogP contribution is -2.14. The highest BCUT2D eigenvalue weighted by atomic mass is 16.5. The fraction of sp³-hybridized carbons (Fsp3) is 0.250. The highest BCUT2D eigenvalue weighted by molar-refractivity contribution is 5.44. The van der Waals surface area contributed by atoms with Crippen LogP contribution in [0.15, 0.2) is 42.5 Å². The molecule has 19 heavy (non-hydrogen) atoms. The molecule has 1 atom stereocenters. The molecule has 0 saturated carbocycles. The summed E-state index contributed by atoms with van der Waals surface area (Å²) in [5, 5.41) is 13.3. The number of aromatic hydroxyl groups is 1. The van der Waals surface area contributed by atoms with Crippen molar-refractivity contribution in [2.45, 2.75) is 19.0 Å². The van der Waals surface area contributed by atoms with Crippen LogP contribution >= 0.6 is 0 Å². The smallest absolute Gasteiger partial charge is 0.120 e. The van der Waals surface area contributed by atoms with E-state index in [1.54, 1.807) is 13.2 Å². The predicted molar refractivity (Wildman–Crippen MR) is 74.4 cm³/mol. The lowest BCUT2D eigenvalue weighted by molar-refractivity contribution is 0.414. The van der Waals surface area contributed by atoms with Crippen molar-refractivity contribution >= 4 is 0 Å². The van der Waals surface area contributed by atoms with Gasteiger partial charge in [0.05, 0.1) is 7.11 Å². The van der Waals surface area contributed by atoms with Gasteiger partial charge in [-0.2, -0.15) is 0 Å². The highest BCUT2D eigenvalue weighted by Gasteiger charge is 2.23. The predicted octanol–water partition coefficient (Wildman–Crippen LogP) is 2.79. The standard InChI is InChI=1S/C16H17NO2/c1-19-12-7-5-11(6-8-12)9-15-13-3-2-4-16(18)14(13)10-17-15/h2-8,15,17-18H,9-10H2,1H3. The van der Waals surface area contributed by atoms with E-state index in [0.29, 0.717) is 5.75 Å². The molecule has 0 amide bonds. The minimum absolute atomic E-state index is 0.274. The summed E-state index contributed by atoms with van der Waals surface area (Å²) in [6.45, 7) is 0.739. The molecule has 2 aromatic carbocycles. The topological polar surface area (TPSA) is 41.5 Å². The molecule has 2 N–H and O–H groups in total. The van der Waals surface area contributed by atoms with Crippen LogP contribution in [-0.2, 0) is 13.0 Å². The van der Waals surface area contributed by atoms with E-state index < -0.39 is 0 Å². The number of methoxy groups -OCH3 is 1. The molecule has 0 fully saturated rings. The minimum atomic E-state index is 0.274. The van der Waals surface area contributed by atoms with Crippen LogP contribution < -0.4 is 10.1 Å². The number of phenols is 1. The van der Waals surface area contributed by atoms with E-state index >= 15 is 0 Å². The second-order valence-electron chi connectivity index (χ2n) is 4.83. The summed E-state index contributed by atoms with van der Waals surface area (Å²) in [5.41, 5.74) is 3.49. The van der Waals surface area contributed by atoms with Gasteiger partial charge in [0.15, 0.2) is 0 Å². The number of rotatable bonds is 3. The number of fused-ring (bicyclic) bond motifs is 1. The number of hydrogen-bond donors (Lipinski definition) is 2. The van der Waals surface area contributed by atoms with Crippen LogP contribution in [0.5, 0.6) is 11.5 Å². The van der Waals surface area contributed by atoms with Gasteiger partial charge in [-0.05, 0) is 35.7 Å². The van der Waals surface area contributed by atoms with Crippen molar-refractivity contribution in [2.75, 3.05) is 7.11 Å². The Hall–Kier alpha value is -2.00. The fourth-order valence-corrected chi connectivity index (χ4v) is 2.63. The maximum atomic E-state index is 9.83. The molecular weight excluding hydrogens is 238 g/mol. The maximum Gasteiger partial charge on any atom is 0.120 e. The molecule has 0 aromatic heterocycles. The molecule has 98 valence electrons. The van der Waals surface area contributed by atoms with E-state index in [2.05, 4.69) is 23.5 Å². The van der Waals surface area contributed by atoms with Crippen molar-refractivity contribution in [3.8, 4) is 11.5 Å². The summed E-state index contributed by atoms with van der Waals surface area (Å²) in [7, 11) is 1.67. The number of hydrogen-bond acceptors (Lipinski definition) is 3. The van der Waals surface area contributed by atoms with Crippen molar-refractivity contribution < 1.29 is 9.84 Å². The Bertz CT molecular complexity index is 578. The summed E-state index contributed by atoms with van der Waals surface area (Å²) in [4.78, 5) is 0. The molecule has 0 spiro atoms. The first-order valence-electron chi connectivity index (χ1n) is 6.45. The van der Waals surface area contributed by atoms with Crippen molar-refractivity contribution in [3.05, 3.63) is 59.2 Å². The Labute approximate surface area is 112 Å².